The van der Waals surface area contributed by atoms with E-state index in [9.17, 15) is 9.59 Å². The molecule has 0 unspecified atom stereocenters. The highest BCUT2D eigenvalue weighted by Gasteiger charge is 2.24. The molecular formula is C23H18Cl2N4O2S. The van der Waals surface area contributed by atoms with Crippen molar-refractivity contribution in [3.8, 4) is 5.69 Å². The second-order valence-corrected chi connectivity index (χ2v) is 9.56. The number of aromatic nitrogens is 4. The molecule has 0 saturated heterocycles. The molecule has 2 aromatic heterocycles. The Hall–Kier alpha value is -2.61. The Morgan fingerprint density at radius 2 is 1.69 bits per heavy atom. The lowest BCUT2D eigenvalue weighted by atomic mass is 10.1. The number of fused-ring (bicyclic) bond motifs is 1. The van der Waals surface area contributed by atoms with E-state index in [1.165, 1.54) is 29.2 Å². The van der Waals surface area contributed by atoms with E-state index in [2.05, 4.69) is 4.98 Å². The fraction of sp³-hybridized carbons (Fsp3) is 0.217. The van der Waals surface area contributed by atoms with E-state index in [0.717, 1.165) is 6.54 Å². The molecule has 5 rings (SSSR count). The van der Waals surface area contributed by atoms with Gasteiger partial charge in [-0.3, -0.25) is 14.2 Å². The van der Waals surface area contributed by atoms with Crippen LogP contribution in [-0.4, -0.2) is 30.6 Å². The van der Waals surface area contributed by atoms with Gasteiger partial charge in [0.25, 0.3) is 5.56 Å². The molecule has 9 heteroatoms. The third kappa shape index (κ3) is 4.33. The van der Waals surface area contributed by atoms with E-state index in [0.29, 0.717) is 43.5 Å². The van der Waals surface area contributed by atoms with Crippen LogP contribution in [0, 0.1) is 5.92 Å². The minimum Gasteiger partial charge on any atom is -0.315 e. The van der Waals surface area contributed by atoms with E-state index < -0.39 is 0 Å². The number of Topliss-reactive ketones (excluding diaryl/α,β-unsaturated/α-hetero) is 1. The van der Waals surface area contributed by atoms with Gasteiger partial charge >= 0.3 is 0 Å². The third-order valence-electron chi connectivity index (χ3n) is 5.34. The summed E-state index contributed by atoms with van der Waals surface area (Å²) in [5.74, 6) is 0.662. The first kappa shape index (κ1) is 21.2. The number of thioether (sulfide) groups is 1. The number of halogens is 2. The molecule has 1 aliphatic rings. The first-order valence-corrected chi connectivity index (χ1v) is 11.9. The van der Waals surface area contributed by atoms with Crippen LogP contribution >= 0.6 is 35.0 Å². The molecule has 0 aliphatic heterocycles. The summed E-state index contributed by atoms with van der Waals surface area (Å²) in [7, 11) is 0. The predicted molar refractivity (Wildman–Crippen MR) is 127 cm³/mol. The summed E-state index contributed by atoms with van der Waals surface area (Å²) < 4.78 is 3.43. The molecule has 32 heavy (non-hydrogen) atoms. The molecule has 162 valence electrons. The van der Waals surface area contributed by atoms with E-state index in [1.807, 2.05) is 4.57 Å². The average molecular weight is 485 g/mol. The van der Waals surface area contributed by atoms with Gasteiger partial charge in [0.15, 0.2) is 22.1 Å². The molecule has 0 spiro atoms. The summed E-state index contributed by atoms with van der Waals surface area (Å²) in [6.07, 6.45) is 4.04. The van der Waals surface area contributed by atoms with Crippen molar-refractivity contribution in [2.24, 2.45) is 5.92 Å². The fourth-order valence-electron chi connectivity index (χ4n) is 3.45. The van der Waals surface area contributed by atoms with E-state index in [4.69, 9.17) is 28.2 Å². The standard InChI is InChI=1S/C23H18Cl2N4O2S/c24-16-5-3-15(4-6-16)19(30)12-32-23-27-21-20(26-13-28(21)11-14-1-2-14)22(31)29(23)18-9-7-17(25)8-10-18/h3-10,13-14H,1-2,11-12H2. The normalized spacial score (nSPS) is 13.6. The van der Waals surface area contributed by atoms with E-state index in [1.54, 1.807) is 54.9 Å². The second-order valence-electron chi connectivity index (χ2n) is 7.74. The van der Waals surface area contributed by atoms with Gasteiger partial charge in [-0.2, -0.15) is 0 Å². The zero-order valence-corrected chi connectivity index (χ0v) is 19.2. The lowest BCUT2D eigenvalue weighted by molar-refractivity contribution is 0.102. The molecule has 0 N–H and O–H groups in total. The summed E-state index contributed by atoms with van der Waals surface area (Å²) in [5.41, 5.74) is 1.77. The van der Waals surface area contributed by atoms with Crippen LogP contribution in [0.3, 0.4) is 0 Å². The Labute approximate surface area is 198 Å². The lowest BCUT2D eigenvalue weighted by Gasteiger charge is -2.12. The molecule has 2 heterocycles. The Kier molecular flexibility index (Phi) is 5.80. The molecular weight excluding hydrogens is 467 g/mol. The third-order valence-corrected chi connectivity index (χ3v) is 6.79. The van der Waals surface area contributed by atoms with Gasteiger partial charge in [0.2, 0.25) is 0 Å². The topological polar surface area (TPSA) is 69.8 Å². The molecule has 0 bridgehead atoms. The second kappa shape index (κ2) is 8.73. The molecule has 4 aromatic rings. The van der Waals surface area contributed by atoms with Gasteiger partial charge < -0.3 is 4.57 Å². The Bertz CT molecular complexity index is 1360. The number of ketones is 1. The van der Waals surface area contributed by atoms with Gasteiger partial charge in [-0.25, -0.2) is 9.97 Å². The summed E-state index contributed by atoms with van der Waals surface area (Å²) in [4.78, 5) is 35.3. The summed E-state index contributed by atoms with van der Waals surface area (Å²) in [5, 5.41) is 1.57. The van der Waals surface area contributed by atoms with Crippen molar-refractivity contribution in [1.82, 2.24) is 19.1 Å². The average Bonchev–Trinajstić information content (AvgIpc) is 3.52. The number of hydrogen-bond acceptors (Lipinski definition) is 5. The maximum atomic E-state index is 13.4. The predicted octanol–water partition coefficient (Wildman–Crippen LogP) is 5.27. The SMILES string of the molecule is O=C(CSc1nc2c(ncn2CC2CC2)c(=O)n1-c1ccc(Cl)cc1)c1ccc(Cl)cc1. The van der Waals surface area contributed by atoms with Crippen LogP contribution in [0.25, 0.3) is 16.9 Å². The highest BCUT2D eigenvalue weighted by molar-refractivity contribution is 7.99. The maximum absolute atomic E-state index is 13.4. The first-order valence-electron chi connectivity index (χ1n) is 10.1. The van der Waals surface area contributed by atoms with Crippen LogP contribution < -0.4 is 5.56 Å². The zero-order chi connectivity index (χ0) is 22.2. The molecule has 2 aromatic carbocycles. The summed E-state index contributed by atoms with van der Waals surface area (Å²) in [6.45, 7) is 0.793. The monoisotopic (exact) mass is 484 g/mol. The van der Waals surface area contributed by atoms with Crippen LogP contribution in [0.1, 0.15) is 23.2 Å². The molecule has 6 nitrogen and oxygen atoms in total. The first-order chi connectivity index (χ1) is 15.5. The van der Waals surface area contributed by atoms with Crippen molar-refractivity contribution >= 4 is 51.9 Å². The van der Waals surface area contributed by atoms with Crippen LogP contribution in [0.2, 0.25) is 10.0 Å². The zero-order valence-electron chi connectivity index (χ0n) is 16.9. The number of nitrogens with zero attached hydrogens (tertiary/aromatic N) is 4. The number of carbonyl (C=O) groups excluding carboxylic acids is 1. The molecule has 1 fully saturated rings. The lowest BCUT2D eigenvalue weighted by Crippen LogP contribution is -2.23. The summed E-state index contributed by atoms with van der Waals surface area (Å²) in [6, 6.07) is 13.7. The van der Waals surface area contributed by atoms with E-state index in [-0.39, 0.29) is 17.1 Å². The quantitative estimate of drug-likeness (QED) is 0.203. The minimum atomic E-state index is -0.270. The molecule has 1 aliphatic carbocycles. The van der Waals surface area contributed by atoms with Crippen LogP contribution in [0.5, 0.6) is 0 Å². The Morgan fingerprint density at radius 1 is 1.03 bits per heavy atom. The van der Waals surface area contributed by atoms with Crippen LogP contribution in [-0.2, 0) is 6.54 Å². The Morgan fingerprint density at radius 3 is 2.34 bits per heavy atom. The minimum absolute atomic E-state index is 0.0739. The number of carbonyl (C=O) groups is 1. The van der Waals surface area contributed by atoms with Gasteiger partial charge in [-0.05, 0) is 67.3 Å². The van der Waals surface area contributed by atoms with Gasteiger partial charge in [0.05, 0.1) is 17.8 Å². The van der Waals surface area contributed by atoms with Gasteiger partial charge in [0.1, 0.15) is 0 Å². The largest absolute Gasteiger partial charge is 0.315 e. The highest BCUT2D eigenvalue weighted by atomic mass is 35.5. The van der Waals surface area contributed by atoms with Gasteiger partial charge in [-0.15, -0.1) is 0 Å². The fourth-order valence-corrected chi connectivity index (χ4v) is 4.60. The molecule has 0 atom stereocenters. The van der Waals surface area contributed by atoms with Crippen molar-refractivity contribution < 1.29 is 4.79 Å². The number of benzene rings is 2. The smallest absolute Gasteiger partial charge is 0.286 e. The summed E-state index contributed by atoms with van der Waals surface area (Å²) >= 11 is 13.2. The maximum Gasteiger partial charge on any atom is 0.286 e. The van der Waals surface area contributed by atoms with Crippen molar-refractivity contribution in [3.63, 3.8) is 0 Å². The molecule has 1 saturated carbocycles. The number of imidazole rings is 1. The van der Waals surface area contributed by atoms with Crippen molar-refractivity contribution in [2.75, 3.05) is 5.75 Å². The highest BCUT2D eigenvalue weighted by Crippen LogP contribution is 2.31. The molecule has 0 radical (unpaired) electrons. The van der Waals surface area contributed by atoms with E-state index >= 15 is 0 Å². The van der Waals surface area contributed by atoms with Crippen molar-refractivity contribution in [2.45, 2.75) is 24.5 Å². The van der Waals surface area contributed by atoms with Gasteiger partial charge in [-0.1, -0.05) is 35.0 Å². The van der Waals surface area contributed by atoms with Crippen LogP contribution in [0.15, 0.2) is 64.8 Å². The number of rotatable bonds is 7. The molecule has 0 amide bonds. The van der Waals surface area contributed by atoms with Gasteiger partial charge in [0, 0.05) is 22.2 Å². The Balaban J connectivity index is 1.55. The number of hydrogen-bond donors (Lipinski definition) is 0. The van der Waals surface area contributed by atoms with Crippen LogP contribution in [0.4, 0.5) is 0 Å². The van der Waals surface area contributed by atoms with Crippen molar-refractivity contribution in [1.29, 1.82) is 0 Å². The van der Waals surface area contributed by atoms with Crippen molar-refractivity contribution in [3.05, 3.63) is 80.8 Å².